The summed E-state index contributed by atoms with van der Waals surface area (Å²) in [6.45, 7) is 3.47. The molecule has 0 spiro atoms. The molecule has 1 aromatic heterocycles. The Kier molecular flexibility index (Phi) is 4.37. The maximum atomic E-state index is 11.9. The van der Waals surface area contributed by atoms with Crippen LogP contribution in [-0.2, 0) is 4.79 Å². The van der Waals surface area contributed by atoms with Gasteiger partial charge in [0.2, 0.25) is 0 Å². The Hall–Kier alpha value is -2.63. The fourth-order valence-corrected chi connectivity index (χ4v) is 1.98. The number of nitrogens with one attached hydrogen (secondary N) is 2. The Morgan fingerprint density at radius 1 is 1.24 bits per heavy atom. The average molecular weight is 287 g/mol. The summed E-state index contributed by atoms with van der Waals surface area (Å²) in [6.07, 6.45) is 1.70. The fourth-order valence-electron chi connectivity index (χ4n) is 1.98. The van der Waals surface area contributed by atoms with Crippen molar-refractivity contribution < 1.29 is 14.7 Å². The Bertz CT molecular complexity index is 670. The summed E-state index contributed by atoms with van der Waals surface area (Å²) < 4.78 is 0. The maximum Gasteiger partial charge on any atom is 0.326 e. The van der Waals surface area contributed by atoms with Crippen LogP contribution in [0.1, 0.15) is 13.8 Å². The second-order valence-corrected chi connectivity index (χ2v) is 5.07. The van der Waals surface area contributed by atoms with E-state index in [4.69, 9.17) is 5.11 Å². The summed E-state index contributed by atoms with van der Waals surface area (Å²) >= 11 is 0. The molecule has 2 rings (SSSR count). The minimum absolute atomic E-state index is 0.200. The van der Waals surface area contributed by atoms with Gasteiger partial charge in [-0.15, -0.1) is 0 Å². The third kappa shape index (κ3) is 3.68. The molecule has 6 nitrogen and oxygen atoms in total. The normalized spacial score (nSPS) is 12.1. The molecular weight excluding hydrogens is 270 g/mol. The van der Waals surface area contributed by atoms with Crippen molar-refractivity contribution in [2.75, 3.05) is 5.32 Å². The van der Waals surface area contributed by atoms with E-state index >= 15 is 0 Å². The fraction of sp³-hybridized carbons (Fsp3) is 0.267. The molecule has 0 radical (unpaired) electrons. The number of hydrogen-bond acceptors (Lipinski definition) is 3. The molecule has 0 saturated carbocycles. The van der Waals surface area contributed by atoms with Gasteiger partial charge in [-0.1, -0.05) is 19.9 Å². The number of fused-ring (bicyclic) bond motifs is 1. The number of aromatic nitrogens is 1. The number of benzene rings is 1. The summed E-state index contributed by atoms with van der Waals surface area (Å²) in [5, 5.41) is 15.0. The molecule has 21 heavy (non-hydrogen) atoms. The van der Waals surface area contributed by atoms with E-state index in [-0.39, 0.29) is 5.92 Å². The van der Waals surface area contributed by atoms with Crippen LogP contribution in [0.3, 0.4) is 0 Å². The number of pyridine rings is 1. The number of hydrogen-bond donors (Lipinski definition) is 3. The molecule has 0 saturated heterocycles. The highest BCUT2D eigenvalue weighted by atomic mass is 16.4. The van der Waals surface area contributed by atoms with E-state index in [9.17, 15) is 9.59 Å². The highest BCUT2D eigenvalue weighted by Gasteiger charge is 2.23. The summed E-state index contributed by atoms with van der Waals surface area (Å²) in [4.78, 5) is 27.1. The smallest absolute Gasteiger partial charge is 0.326 e. The van der Waals surface area contributed by atoms with Crippen LogP contribution >= 0.6 is 0 Å². The molecule has 1 heterocycles. The van der Waals surface area contributed by atoms with Crippen LogP contribution in [0.4, 0.5) is 10.5 Å². The third-order valence-electron chi connectivity index (χ3n) is 3.08. The number of rotatable bonds is 4. The number of urea groups is 1. The first-order valence-electron chi connectivity index (χ1n) is 6.62. The number of carbonyl (C=O) groups is 2. The maximum absolute atomic E-state index is 11.9. The van der Waals surface area contributed by atoms with Gasteiger partial charge >= 0.3 is 12.0 Å². The lowest BCUT2D eigenvalue weighted by Gasteiger charge is -2.18. The van der Waals surface area contributed by atoms with Crippen molar-refractivity contribution in [2.24, 2.45) is 5.92 Å². The van der Waals surface area contributed by atoms with Crippen LogP contribution in [0.2, 0.25) is 0 Å². The number of amides is 2. The molecule has 1 atom stereocenters. The van der Waals surface area contributed by atoms with E-state index in [2.05, 4.69) is 15.6 Å². The summed E-state index contributed by atoms with van der Waals surface area (Å²) in [7, 11) is 0. The first-order chi connectivity index (χ1) is 9.97. The largest absolute Gasteiger partial charge is 0.480 e. The minimum Gasteiger partial charge on any atom is -0.480 e. The Morgan fingerprint density at radius 2 is 2.00 bits per heavy atom. The van der Waals surface area contributed by atoms with Crippen molar-refractivity contribution in [3.05, 3.63) is 36.5 Å². The van der Waals surface area contributed by atoms with E-state index < -0.39 is 18.0 Å². The SMILES string of the molecule is CC(C)[C@@H](NC(=O)Nc1ccc2ncccc2c1)C(=O)O. The van der Waals surface area contributed by atoms with Crippen molar-refractivity contribution in [3.63, 3.8) is 0 Å². The quantitative estimate of drug-likeness (QED) is 0.805. The van der Waals surface area contributed by atoms with Crippen molar-refractivity contribution in [3.8, 4) is 0 Å². The molecule has 0 bridgehead atoms. The standard InChI is InChI=1S/C15H17N3O3/c1-9(2)13(14(19)20)18-15(21)17-11-5-6-12-10(8-11)4-3-7-16-12/h3-9,13H,1-2H3,(H,19,20)(H2,17,18,21)/t13-/m1/s1. The van der Waals surface area contributed by atoms with E-state index in [1.165, 1.54) is 0 Å². The highest BCUT2D eigenvalue weighted by Crippen LogP contribution is 2.16. The minimum atomic E-state index is -1.05. The summed E-state index contributed by atoms with van der Waals surface area (Å²) in [5.41, 5.74) is 1.41. The van der Waals surface area contributed by atoms with E-state index in [1.807, 2.05) is 12.1 Å². The van der Waals surface area contributed by atoms with Gasteiger partial charge in [0.05, 0.1) is 5.52 Å². The number of anilines is 1. The molecule has 0 fully saturated rings. The average Bonchev–Trinajstić information content (AvgIpc) is 2.44. The summed E-state index contributed by atoms with van der Waals surface area (Å²) in [6, 6.07) is 7.53. The molecule has 0 aliphatic heterocycles. The van der Waals surface area contributed by atoms with Gasteiger partial charge in [0.1, 0.15) is 6.04 Å². The van der Waals surface area contributed by atoms with Crippen molar-refractivity contribution in [1.82, 2.24) is 10.3 Å². The number of carbonyl (C=O) groups excluding carboxylic acids is 1. The lowest BCUT2D eigenvalue weighted by atomic mass is 10.1. The second-order valence-electron chi connectivity index (χ2n) is 5.07. The van der Waals surface area contributed by atoms with E-state index in [1.54, 1.807) is 38.2 Å². The van der Waals surface area contributed by atoms with Gasteiger partial charge in [-0.05, 0) is 30.2 Å². The van der Waals surface area contributed by atoms with Gasteiger partial charge in [0, 0.05) is 17.3 Å². The van der Waals surface area contributed by atoms with Crippen LogP contribution in [0.5, 0.6) is 0 Å². The molecule has 6 heteroatoms. The summed E-state index contributed by atoms with van der Waals surface area (Å²) in [5.74, 6) is -1.25. The van der Waals surface area contributed by atoms with Gasteiger partial charge in [-0.25, -0.2) is 9.59 Å². The highest BCUT2D eigenvalue weighted by molar-refractivity contribution is 5.94. The third-order valence-corrected chi connectivity index (χ3v) is 3.08. The lowest BCUT2D eigenvalue weighted by molar-refractivity contribution is -0.140. The van der Waals surface area contributed by atoms with Crippen LogP contribution in [0.15, 0.2) is 36.5 Å². The van der Waals surface area contributed by atoms with E-state index in [0.717, 1.165) is 10.9 Å². The van der Waals surface area contributed by atoms with Crippen LogP contribution in [-0.4, -0.2) is 28.1 Å². The first kappa shape index (κ1) is 14.8. The molecule has 0 aliphatic rings. The zero-order valence-electron chi connectivity index (χ0n) is 11.8. The number of aliphatic carboxylic acids is 1. The van der Waals surface area contributed by atoms with Crippen LogP contribution in [0.25, 0.3) is 10.9 Å². The Morgan fingerprint density at radius 3 is 2.67 bits per heavy atom. The monoisotopic (exact) mass is 287 g/mol. The predicted octanol–water partition coefficient (Wildman–Crippen LogP) is 2.47. The van der Waals surface area contributed by atoms with Crippen LogP contribution < -0.4 is 10.6 Å². The van der Waals surface area contributed by atoms with Gasteiger partial charge in [0.25, 0.3) is 0 Å². The van der Waals surface area contributed by atoms with Gasteiger partial charge < -0.3 is 15.7 Å². The molecule has 2 aromatic rings. The molecule has 110 valence electrons. The number of carboxylic acids is 1. The Balaban J connectivity index is 2.08. The zero-order valence-corrected chi connectivity index (χ0v) is 11.8. The first-order valence-corrected chi connectivity index (χ1v) is 6.62. The second kappa shape index (κ2) is 6.21. The van der Waals surface area contributed by atoms with Crippen molar-refractivity contribution in [2.45, 2.75) is 19.9 Å². The van der Waals surface area contributed by atoms with Crippen molar-refractivity contribution >= 4 is 28.6 Å². The molecular formula is C15H17N3O3. The van der Waals surface area contributed by atoms with E-state index in [0.29, 0.717) is 5.69 Å². The van der Waals surface area contributed by atoms with Crippen molar-refractivity contribution in [1.29, 1.82) is 0 Å². The number of nitrogens with zero attached hydrogens (tertiary/aromatic N) is 1. The molecule has 1 aromatic carbocycles. The molecule has 0 aliphatic carbocycles. The lowest BCUT2D eigenvalue weighted by Crippen LogP contribution is -2.46. The molecule has 2 amide bonds. The predicted molar refractivity (Wildman–Crippen MR) is 80.2 cm³/mol. The molecule has 0 unspecified atom stereocenters. The van der Waals surface area contributed by atoms with Gasteiger partial charge in [0.15, 0.2) is 0 Å². The Labute approximate surface area is 122 Å². The van der Waals surface area contributed by atoms with Gasteiger partial charge in [-0.3, -0.25) is 4.98 Å². The van der Waals surface area contributed by atoms with Gasteiger partial charge in [-0.2, -0.15) is 0 Å². The molecule has 3 N–H and O–H groups in total. The topological polar surface area (TPSA) is 91.3 Å². The van der Waals surface area contributed by atoms with Crippen LogP contribution in [0, 0.1) is 5.92 Å². The zero-order chi connectivity index (χ0) is 15.4. The number of carboxylic acid groups (broad SMARTS) is 1.